The molecule has 0 atom stereocenters. The van der Waals surface area contributed by atoms with Crippen LogP contribution in [0.1, 0.15) is 19.5 Å². The van der Waals surface area contributed by atoms with Crippen molar-refractivity contribution in [1.82, 2.24) is 14.9 Å². The van der Waals surface area contributed by atoms with Gasteiger partial charge in [-0.1, -0.05) is 13.8 Å². The molecule has 86 valence electrons. The Bertz CT molecular complexity index is 340. The Kier molecular flexibility index (Phi) is 5.83. The number of nitrogens with zero attached hydrogens (tertiary/aromatic N) is 4. The van der Waals surface area contributed by atoms with Crippen molar-refractivity contribution in [3.8, 4) is 6.07 Å². The van der Waals surface area contributed by atoms with Crippen LogP contribution in [-0.4, -0.2) is 40.3 Å². The van der Waals surface area contributed by atoms with Crippen LogP contribution < -0.4 is 0 Å². The van der Waals surface area contributed by atoms with E-state index in [1.807, 2.05) is 6.07 Å². The zero-order chi connectivity index (χ0) is 11.8. The lowest BCUT2D eigenvalue weighted by Crippen LogP contribution is -2.25. The summed E-state index contributed by atoms with van der Waals surface area (Å²) < 4.78 is 0. The van der Waals surface area contributed by atoms with E-state index in [1.165, 1.54) is 6.20 Å². The SMILES string of the molecule is CCN(CC)CCSc1cnc(C#N)cn1. The summed E-state index contributed by atoms with van der Waals surface area (Å²) in [5, 5.41) is 9.46. The van der Waals surface area contributed by atoms with Gasteiger partial charge >= 0.3 is 0 Å². The molecule has 4 nitrogen and oxygen atoms in total. The molecule has 0 aliphatic heterocycles. The minimum absolute atomic E-state index is 0.369. The van der Waals surface area contributed by atoms with E-state index in [2.05, 4.69) is 28.7 Å². The first kappa shape index (κ1) is 12.9. The van der Waals surface area contributed by atoms with Gasteiger partial charge in [0.25, 0.3) is 0 Å². The second-order valence-corrected chi connectivity index (χ2v) is 4.34. The molecule has 1 rings (SSSR count). The van der Waals surface area contributed by atoms with E-state index in [0.29, 0.717) is 5.69 Å². The molecule has 16 heavy (non-hydrogen) atoms. The van der Waals surface area contributed by atoms with Gasteiger partial charge in [0, 0.05) is 12.3 Å². The molecular weight excluding hydrogens is 220 g/mol. The number of nitriles is 1. The van der Waals surface area contributed by atoms with Crippen molar-refractivity contribution in [2.45, 2.75) is 18.9 Å². The first-order valence-corrected chi connectivity index (χ1v) is 6.36. The quantitative estimate of drug-likeness (QED) is 0.705. The Morgan fingerprint density at radius 1 is 1.31 bits per heavy atom. The average Bonchev–Trinajstić information content (AvgIpc) is 2.35. The van der Waals surface area contributed by atoms with Crippen molar-refractivity contribution >= 4 is 11.8 Å². The number of hydrogen-bond acceptors (Lipinski definition) is 5. The fourth-order valence-corrected chi connectivity index (χ4v) is 2.08. The topological polar surface area (TPSA) is 52.8 Å². The number of aromatic nitrogens is 2. The predicted molar refractivity (Wildman–Crippen MR) is 65.3 cm³/mol. The fourth-order valence-electron chi connectivity index (χ4n) is 1.27. The van der Waals surface area contributed by atoms with Gasteiger partial charge < -0.3 is 4.90 Å². The third kappa shape index (κ3) is 4.17. The monoisotopic (exact) mass is 236 g/mol. The fraction of sp³-hybridized carbons (Fsp3) is 0.545. The lowest BCUT2D eigenvalue weighted by molar-refractivity contribution is 0.324. The highest BCUT2D eigenvalue weighted by Crippen LogP contribution is 2.13. The zero-order valence-electron chi connectivity index (χ0n) is 9.68. The van der Waals surface area contributed by atoms with Crippen LogP contribution in [-0.2, 0) is 0 Å². The third-order valence-electron chi connectivity index (χ3n) is 2.29. The maximum Gasteiger partial charge on any atom is 0.158 e. The van der Waals surface area contributed by atoms with E-state index < -0.39 is 0 Å². The number of rotatable bonds is 6. The maximum atomic E-state index is 8.58. The minimum atomic E-state index is 0.369. The largest absolute Gasteiger partial charge is 0.303 e. The summed E-state index contributed by atoms with van der Waals surface area (Å²) in [5.41, 5.74) is 0.369. The van der Waals surface area contributed by atoms with Crippen molar-refractivity contribution < 1.29 is 0 Å². The van der Waals surface area contributed by atoms with Gasteiger partial charge in [-0.25, -0.2) is 9.97 Å². The summed E-state index contributed by atoms with van der Waals surface area (Å²) in [6.07, 6.45) is 3.17. The van der Waals surface area contributed by atoms with Crippen molar-refractivity contribution in [2.75, 3.05) is 25.4 Å². The Balaban J connectivity index is 2.34. The normalized spacial score (nSPS) is 10.4. The molecule has 0 aromatic carbocycles. The van der Waals surface area contributed by atoms with Crippen LogP contribution in [0.5, 0.6) is 0 Å². The molecule has 0 radical (unpaired) electrons. The molecule has 0 saturated heterocycles. The van der Waals surface area contributed by atoms with Crippen molar-refractivity contribution in [1.29, 1.82) is 5.26 Å². The molecule has 0 N–H and O–H groups in total. The van der Waals surface area contributed by atoms with Crippen LogP contribution in [0.3, 0.4) is 0 Å². The number of hydrogen-bond donors (Lipinski definition) is 0. The van der Waals surface area contributed by atoms with E-state index in [0.717, 1.165) is 30.4 Å². The molecule has 1 aromatic rings. The van der Waals surface area contributed by atoms with Crippen LogP contribution in [0.25, 0.3) is 0 Å². The molecule has 0 aliphatic carbocycles. The highest BCUT2D eigenvalue weighted by atomic mass is 32.2. The second-order valence-electron chi connectivity index (χ2n) is 3.23. The molecule has 0 fully saturated rings. The molecule has 5 heteroatoms. The summed E-state index contributed by atoms with van der Waals surface area (Å²) in [6, 6.07) is 1.96. The highest BCUT2D eigenvalue weighted by Gasteiger charge is 2.01. The molecule has 0 unspecified atom stereocenters. The predicted octanol–water partition coefficient (Wildman–Crippen LogP) is 1.78. The van der Waals surface area contributed by atoms with Crippen LogP contribution in [0.2, 0.25) is 0 Å². The Morgan fingerprint density at radius 2 is 2.06 bits per heavy atom. The van der Waals surface area contributed by atoms with Crippen molar-refractivity contribution in [3.63, 3.8) is 0 Å². The second kappa shape index (κ2) is 7.20. The average molecular weight is 236 g/mol. The lowest BCUT2D eigenvalue weighted by Gasteiger charge is -2.16. The van der Waals surface area contributed by atoms with Gasteiger partial charge in [0.1, 0.15) is 11.1 Å². The van der Waals surface area contributed by atoms with Gasteiger partial charge in [-0.2, -0.15) is 5.26 Å². The van der Waals surface area contributed by atoms with Crippen molar-refractivity contribution in [2.24, 2.45) is 0 Å². The van der Waals surface area contributed by atoms with E-state index in [9.17, 15) is 0 Å². The molecule has 0 aliphatic rings. The summed E-state index contributed by atoms with van der Waals surface area (Å²) in [4.78, 5) is 10.5. The van der Waals surface area contributed by atoms with Crippen LogP contribution in [0.15, 0.2) is 17.4 Å². The maximum absolute atomic E-state index is 8.58. The molecular formula is C11H16N4S. The van der Waals surface area contributed by atoms with Crippen LogP contribution >= 0.6 is 11.8 Å². The Hall–Kier alpha value is -1.12. The lowest BCUT2D eigenvalue weighted by atomic mass is 10.5. The standard InChI is InChI=1S/C11H16N4S/c1-3-15(4-2)5-6-16-11-9-13-10(7-12)8-14-11/h8-9H,3-6H2,1-2H3. The van der Waals surface area contributed by atoms with Crippen molar-refractivity contribution in [3.05, 3.63) is 18.1 Å². The highest BCUT2D eigenvalue weighted by molar-refractivity contribution is 7.99. The first-order chi connectivity index (χ1) is 7.80. The van der Waals surface area contributed by atoms with Gasteiger partial charge in [0.15, 0.2) is 5.69 Å². The number of thioether (sulfide) groups is 1. The summed E-state index contributed by atoms with van der Waals surface area (Å²) in [7, 11) is 0. The van der Waals surface area contributed by atoms with E-state index in [-0.39, 0.29) is 0 Å². The van der Waals surface area contributed by atoms with Gasteiger partial charge in [-0.05, 0) is 13.1 Å². The molecule has 0 saturated carbocycles. The molecule has 0 spiro atoms. The Labute approximate surface area is 101 Å². The Morgan fingerprint density at radius 3 is 2.56 bits per heavy atom. The van der Waals surface area contributed by atoms with Crippen LogP contribution in [0.4, 0.5) is 0 Å². The van der Waals surface area contributed by atoms with Gasteiger partial charge in [-0.3, -0.25) is 0 Å². The molecule has 0 bridgehead atoms. The minimum Gasteiger partial charge on any atom is -0.303 e. The van der Waals surface area contributed by atoms with Gasteiger partial charge in [0.2, 0.25) is 0 Å². The van der Waals surface area contributed by atoms with Gasteiger partial charge in [0.05, 0.1) is 12.4 Å². The van der Waals surface area contributed by atoms with E-state index >= 15 is 0 Å². The molecule has 1 aromatic heterocycles. The smallest absolute Gasteiger partial charge is 0.158 e. The summed E-state index contributed by atoms with van der Waals surface area (Å²) in [5.74, 6) is 1.00. The van der Waals surface area contributed by atoms with E-state index in [1.54, 1.807) is 18.0 Å². The molecule has 0 amide bonds. The zero-order valence-corrected chi connectivity index (χ0v) is 10.5. The third-order valence-corrected chi connectivity index (χ3v) is 3.19. The first-order valence-electron chi connectivity index (χ1n) is 5.37. The van der Waals surface area contributed by atoms with Crippen LogP contribution in [0, 0.1) is 11.3 Å². The van der Waals surface area contributed by atoms with Gasteiger partial charge in [-0.15, -0.1) is 11.8 Å². The molecule has 1 heterocycles. The summed E-state index contributed by atoms with van der Waals surface area (Å²) >= 11 is 1.67. The summed E-state index contributed by atoms with van der Waals surface area (Å²) in [6.45, 7) is 7.54. The van der Waals surface area contributed by atoms with E-state index in [4.69, 9.17) is 5.26 Å².